The zero-order chi connectivity index (χ0) is 20.4. The third-order valence-corrected chi connectivity index (χ3v) is 4.87. The summed E-state index contributed by atoms with van der Waals surface area (Å²) in [6.07, 6.45) is -3.54. The van der Waals surface area contributed by atoms with E-state index in [0.717, 1.165) is 12.3 Å². The van der Waals surface area contributed by atoms with Crippen molar-refractivity contribution in [2.45, 2.75) is 6.18 Å². The first-order valence-electron chi connectivity index (χ1n) is 9.30. The fourth-order valence-electron chi connectivity index (χ4n) is 3.39. The normalized spacial score (nSPS) is 18.2. The van der Waals surface area contributed by atoms with E-state index in [-0.39, 0.29) is 17.1 Å². The van der Waals surface area contributed by atoms with Gasteiger partial charge in [0.25, 0.3) is 0 Å². The van der Waals surface area contributed by atoms with Crippen molar-refractivity contribution in [2.75, 3.05) is 68.1 Å². The predicted octanol–water partition coefficient (Wildman–Crippen LogP) is 1.81. The molecule has 0 radical (unpaired) electrons. The first-order valence-corrected chi connectivity index (χ1v) is 9.30. The molecule has 2 aliphatic rings. The lowest BCUT2D eigenvalue weighted by molar-refractivity contribution is -0.137. The van der Waals surface area contributed by atoms with E-state index >= 15 is 0 Å². The lowest BCUT2D eigenvalue weighted by Crippen LogP contribution is -2.39. The number of nitrogens with zero attached hydrogens (tertiary/aromatic N) is 5. The first-order chi connectivity index (χ1) is 13.9. The van der Waals surface area contributed by atoms with Crippen LogP contribution in [0.2, 0.25) is 0 Å². The highest BCUT2D eigenvalue weighted by molar-refractivity contribution is 5.77. The fraction of sp³-hybridized carbons (Fsp3) is 0.500. The molecule has 11 heteroatoms. The number of nitrogens with two attached hydrogens (primary N) is 1. The summed E-state index contributed by atoms with van der Waals surface area (Å²) in [5.74, 6) is 0.666. The third-order valence-electron chi connectivity index (χ3n) is 4.87. The average Bonchev–Trinajstić information content (AvgIpc) is 2.74. The molecule has 0 spiro atoms. The number of aromatic nitrogens is 3. The van der Waals surface area contributed by atoms with Gasteiger partial charge in [-0.3, -0.25) is 0 Å². The highest BCUT2D eigenvalue weighted by atomic mass is 19.4. The number of pyridine rings is 1. The molecule has 2 N–H and O–H groups in total. The van der Waals surface area contributed by atoms with E-state index in [2.05, 4.69) is 15.0 Å². The van der Waals surface area contributed by atoms with Crippen LogP contribution < -0.4 is 15.5 Å². The van der Waals surface area contributed by atoms with Crippen molar-refractivity contribution < 1.29 is 22.6 Å². The molecule has 0 bridgehead atoms. The number of ether oxygens (including phenoxy) is 2. The molecule has 0 saturated carbocycles. The summed E-state index contributed by atoms with van der Waals surface area (Å²) < 4.78 is 51.7. The highest BCUT2D eigenvalue weighted by Crippen LogP contribution is 2.39. The fourth-order valence-corrected chi connectivity index (χ4v) is 3.39. The second-order valence-corrected chi connectivity index (χ2v) is 6.73. The summed E-state index contributed by atoms with van der Waals surface area (Å²) in [5.41, 5.74) is 4.87. The standard InChI is InChI=1S/C18H21F3N6O2/c19-18(20,21)12-1-2-23-16(22)15(12)13-11-14(26-3-7-28-8-4-26)25-17(24-13)27-5-9-29-10-6-27/h1-2,11H,3-10H2,(H2,22,23). The van der Waals surface area contributed by atoms with Crippen LogP contribution in [-0.4, -0.2) is 67.6 Å². The maximum absolute atomic E-state index is 13.6. The van der Waals surface area contributed by atoms with E-state index in [0.29, 0.717) is 64.4 Å². The Morgan fingerprint density at radius 3 is 2.17 bits per heavy atom. The lowest BCUT2D eigenvalue weighted by atomic mass is 10.1. The first kappa shape index (κ1) is 19.6. The Morgan fingerprint density at radius 2 is 1.55 bits per heavy atom. The summed E-state index contributed by atoms with van der Waals surface area (Å²) in [5, 5.41) is 0. The van der Waals surface area contributed by atoms with E-state index in [1.807, 2.05) is 9.80 Å². The zero-order valence-corrected chi connectivity index (χ0v) is 15.7. The van der Waals surface area contributed by atoms with Crippen LogP contribution in [0.1, 0.15) is 5.56 Å². The van der Waals surface area contributed by atoms with E-state index in [4.69, 9.17) is 15.2 Å². The van der Waals surface area contributed by atoms with E-state index in [9.17, 15) is 13.2 Å². The summed E-state index contributed by atoms with van der Waals surface area (Å²) in [6.45, 7) is 4.35. The monoisotopic (exact) mass is 410 g/mol. The van der Waals surface area contributed by atoms with Gasteiger partial charge in [0.1, 0.15) is 11.6 Å². The molecule has 156 valence electrons. The summed E-state index contributed by atoms with van der Waals surface area (Å²) in [6, 6.07) is 2.45. The van der Waals surface area contributed by atoms with Crippen molar-refractivity contribution >= 4 is 17.6 Å². The lowest BCUT2D eigenvalue weighted by Gasteiger charge is -2.31. The molecule has 0 atom stereocenters. The van der Waals surface area contributed by atoms with Gasteiger partial charge in [0.2, 0.25) is 5.95 Å². The molecule has 29 heavy (non-hydrogen) atoms. The Balaban J connectivity index is 1.84. The number of alkyl halides is 3. The van der Waals surface area contributed by atoms with Gasteiger partial charge in [-0.05, 0) is 6.07 Å². The van der Waals surface area contributed by atoms with Crippen molar-refractivity contribution in [3.63, 3.8) is 0 Å². The second kappa shape index (κ2) is 7.99. The van der Waals surface area contributed by atoms with Gasteiger partial charge in [-0.15, -0.1) is 0 Å². The molecule has 2 saturated heterocycles. The van der Waals surface area contributed by atoms with E-state index in [1.165, 1.54) is 6.07 Å². The van der Waals surface area contributed by atoms with Gasteiger partial charge >= 0.3 is 6.18 Å². The molecule has 2 fully saturated rings. The van der Waals surface area contributed by atoms with Crippen LogP contribution in [0, 0.1) is 0 Å². The Hall–Kier alpha value is -2.66. The van der Waals surface area contributed by atoms with E-state index < -0.39 is 11.7 Å². The van der Waals surface area contributed by atoms with E-state index in [1.54, 1.807) is 0 Å². The third kappa shape index (κ3) is 4.20. The minimum absolute atomic E-state index is 0.0981. The molecule has 8 nitrogen and oxygen atoms in total. The minimum atomic E-state index is -4.59. The average molecular weight is 410 g/mol. The van der Waals surface area contributed by atoms with Gasteiger partial charge in [-0.25, -0.2) is 9.97 Å². The Kier molecular flexibility index (Phi) is 5.41. The van der Waals surface area contributed by atoms with Crippen LogP contribution in [0.4, 0.5) is 30.8 Å². The Morgan fingerprint density at radius 1 is 0.931 bits per heavy atom. The number of hydrogen-bond donors (Lipinski definition) is 1. The molecule has 0 aromatic carbocycles. The van der Waals surface area contributed by atoms with Crippen LogP contribution in [0.3, 0.4) is 0 Å². The number of hydrogen-bond acceptors (Lipinski definition) is 8. The van der Waals surface area contributed by atoms with Crippen LogP contribution in [0.5, 0.6) is 0 Å². The molecule has 2 aliphatic heterocycles. The molecule has 0 aliphatic carbocycles. The van der Waals surface area contributed by atoms with Crippen molar-refractivity contribution in [1.29, 1.82) is 0 Å². The van der Waals surface area contributed by atoms with Crippen molar-refractivity contribution in [3.05, 3.63) is 23.9 Å². The van der Waals surface area contributed by atoms with Crippen molar-refractivity contribution in [2.24, 2.45) is 0 Å². The number of halogens is 3. The largest absolute Gasteiger partial charge is 0.417 e. The molecular weight excluding hydrogens is 389 g/mol. The van der Waals surface area contributed by atoms with Gasteiger partial charge in [-0.1, -0.05) is 0 Å². The van der Waals surface area contributed by atoms with Gasteiger partial charge < -0.3 is 25.0 Å². The minimum Gasteiger partial charge on any atom is -0.383 e. The summed E-state index contributed by atoms with van der Waals surface area (Å²) in [7, 11) is 0. The topological polar surface area (TPSA) is 89.6 Å². The molecule has 2 aromatic heterocycles. The highest BCUT2D eigenvalue weighted by Gasteiger charge is 2.36. The van der Waals surface area contributed by atoms with Crippen LogP contribution >= 0.6 is 0 Å². The molecule has 2 aromatic rings. The molecular formula is C18H21F3N6O2. The van der Waals surface area contributed by atoms with Crippen molar-refractivity contribution in [3.8, 4) is 11.3 Å². The van der Waals surface area contributed by atoms with Crippen LogP contribution in [-0.2, 0) is 15.7 Å². The quantitative estimate of drug-likeness (QED) is 0.820. The molecule has 0 amide bonds. The smallest absolute Gasteiger partial charge is 0.383 e. The van der Waals surface area contributed by atoms with Crippen LogP contribution in [0.15, 0.2) is 18.3 Å². The number of anilines is 3. The Bertz CT molecular complexity index is 831. The SMILES string of the molecule is Nc1nccc(C(F)(F)F)c1-c1cc(N2CCOCC2)nc(N2CCOCC2)n1. The molecule has 4 heterocycles. The predicted molar refractivity (Wildman–Crippen MR) is 101 cm³/mol. The number of morpholine rings is 2. The molecule has 0 unspecified atom stereocenters. The summed E-state index contributed by atoms with van der Waals surface area (Å²) in [4.78, 5) is 16.8. The van der Waals surface area contributed by atoms with Gasteiger partial charge in [0.05, 0.1) is 43.2 Å². The Labute approximate surface area is 165 Å². The van der Waals surface area contributed by atoms with Gasteiger partial charge in [0, 0.05) is 38.4 Å². The maximum atomic E-state index is 13.6. The zero-order valence-electron chi connectivity index (χ0n) is 15.7. The van der Waals surface area contributed by atoms with Crippen LogP contribution in [0.25, 0.3) is 11.3 Å². The number of nitrogen functional groups attached to an aromatic ring is 1. The number of rotatable bonds is 3. The van der Waals surface area contributed by atoms with Gasteiger partial charge in [0.15, 0.2) is 0 Å². The second-order valence-electron chi connectivity index (χ2n) is 6.73. The van der Waals surface area contributed by atoms with Gasteiger partial charge in [-0.2, -0.15) is 18.2 Å². The summed E-state index contributed by atoms with van der Waals surface area (Å²) >= 11 is 0. The molecule has 4 rings (SSSR count). The van der Waals surface area contributed by atoms with Crippen molar-refractivity contribution in [1.82, 2.24) is 15.0 Å². The maximum Gasteiger partial charge on any atom is 0.417 e.